The van der Waals surface area contributed by atoms with Gasteiger partial charge in [-0.2, -0.15) is 0 Å². The van der Waals surface area contributed by atoms with Crippen LogP contribution < -0.4 is 16.0 Å². The number of amides is 1. The summed E-state index contributed by atoms with van der Waals surface area (Å²) in [6, 6.07) is 11.2. The topological polar surface area (TPSA) is 87.4 Å². The maximum Gasteiger partial charge on any atom is 0.253 e. The molecule has 7 heteroatoms. The van der Waals surface area contributed by atoms with Crippen LogP contribution in [0.25, 0.3) is 10.9 Å². The molecule has 1 saturated heterocycles. The van der Waals surface area contributed by atoms with E-state index in [0.717, 1.165) is 85.4 Å². The molecule has 1 amide bonds. The third kappa shape index (κ3) is 4.82. The molecule has 0 saturated carbocycles. The number of benzene rings is 2. The van der Waals surface area contributed by atoms with E-state index in [2.05, 4.69) is 60.2 Å². The number of fused-ring (bicyclic) bond motifs is 2. The minimum atomic E-state index is 0.112. The summed E-state index contributed by atoms with van der Waals surface area (Å²) < 4.78 is 0. The van der Waals surface area contributed by atoms with Crippen molar-refractivity contribution in [3.05, 3.63) is 58.9 Å². The molecule has 1 aromatic heterocycles. The molecule has 0 bridgehead atoms. The van der Waals surface area contributed by atoms with E-state index >= 15 is 0 Å². The first kappa shape index (κ1) is 23.5. The molecule has 1 atom stereocenters. The van der Waals surface area contributed by atoms with Gasteiger partial charge in [-0.05, 0) is 80.5 Å². The van der Waals surface area contributed by atoms with Gasteiger partial charge in [-0.25, -0.2) is 9.97 Å². The van der Waals surface area contributed by atoms with Gasteiger partial charge >= 0.3 is 0 Å². The lowest BCUT2D eigenvalue weighted by atomic mass is 9.96. The molecule has 0 radical (unpaired) electrons. The highest BCUT2D eigenvalue weighted by Crippen LogP contribution is 2.32. The maximum absolute atomic E-state index is 13.2. The molecule has 0 spiro atoms. The van der Waals surface area contributed by atoms with Crippen molar-refractivity contribution in [1.82, 2.24) is 14.9 Å². The highest BCUT2D eigenvalue weighted by atomic mass is 16.2. The molecular weight excluding hydrogens is 436 g/mol. The number of likely N-dealkylation sites (tertiary alicyclic amines) is 1. The van der Waals surface area contributed by atoms with Crippen molar-refractivity contribution >= 4 is 28.3 Å². The van der Waals surface area contributed by atoms with Crippen LogP contribution in [0.3, 0.4) is 0 Å². The van der Waals surface area contributed by atoms with Crippen molar-refractivity contribution in [2.45, 2.75) is 65.1 Å². The molecule has 35 heavy (non-hydrogen) atoms. The Morgan fingerprint density at radius 2 is 1.94 bits per heavy atom. The number of rotatable bonds is 5. The summed E-state index contributed by atoms with van der Waals surface area (Å²) in [5.41, 5.74) is 12.5. The number of hydrogen-bond acceptors (Lipinski definition) is 6. The van der Waals surface area contributed by atoms with Gasteiger partial charge in [-0.15, -0.1) is 0 Å². The predicted octanol–water partition coefficient (Wildman–Crippen LogP) is 4.27. The van der Waals surface area contributed by atoms with E-state index in [0.29, 0.717) is 6.04 Å². The van der Waals surface area contributed by atoms with Crippen LogP contribution in [0.15, 0.2) is 36.7 Å². The number of piperidine rings is 1. The molecule has 3 heterocycles. The third-order valence-corrected chi connectivity index (χ3v) is 7.53. The van der Waals surface area contributed by atoms with E-state index in [1.807, 2.05) is 11.0 Å². The van der Waals surface area contributed by atoms with E-state index < -0.39 is 0 Å². The SMILES string of the molecule is CC[C@H](C)Nc1cc(C)c2ncnc(N3CCc4ccc(C(=O)N5CCC(N)CC5)cc4C3)c2c1. The van der Waals surface area contributed by atoms with Crippen LogP contribution in [-0.2, 0) is 13.0 Å². The average molecular weight is 473 g/mol. The van der Waals surface area contributed by atoms with Gasteiger partial charge in [0, 0.05) is 54.9 Å². The molecule has 5 rings (SSSR count). The van der Waals surface area contributed by atoms with Gasteiger partial charge in [0.1, 0.15) is 12.1 Å². The number of nitrogens with one attached hydrogen (secondary N) is 1. The van der Waals surface area contributed by atoms with Crippen molar-refractivity contribution in [2.24, 2.45) is 5.73 Å². The highest BCUT2D eigenvalue weighted by molar-refractivity contribution is 5.95. The normalized spacial score (nSPS) is 17.4. The molecule has 3 aromatic rings. The fourth-order valence-electron chi connectivity index (χ4n) is 5.21. The Hall–Kier alpha value is -3.19. The summed E-state index contributed by atoms with van der Waals surface area (Å²) in [4.78, 5) is 26.7. The number of anilines is 2. The largest absolute Gasteiger partial charge is 0.383 e. The molecule has 0 unspecified atom stereocenters. The van der Waals surface area contributed by atoms with Crippen LogP contribution in [0.1, 0.15) is 60.2 Å². The average Bonchev–Trinajstić information content (AvgIpc) is 2.87. The Bertz CT molecular complexity index is 1230. The molecule has 3 N–H and O–H groups in total. The van der Waals surface area contributed by atoms with Crippen LogP contribution in [-0.4, -0.2) is 52.5 Å². The molecule has 7 nitrogen and oxygen atoms in total. The van der Waals surface area contributed by atoms with E-state index in [1.54, 1.807) is 6.33 Å². The number of carbonyl (C=O) groups excluding carboxylic acids is 1. The van der Waals surface area contributed by atoms with Gasteiger partial charge in [0.2, 0.25) is 0 Å². The minimum absolute atomic E-state index is 0.112. The van der Waals surface area contributed by atoms with Gasteiger partial charge in [-0.3, -0.25) is 4.79 Å². The summed E-state index contributed by atoms with van der Waals surface area (Å²) >= 11 is 0. The summed E-state index contributed by atoms with van der Waals surface area (Å²) in [5, 5.41) is 4.67. The number of aryl methyl sites for hydroxylation is 1. The van der Waals surface area contributed by atoms with Crippen LogP contribution >= 0.6 is 0 Å². The van der Waals surface area contributed by atoms with Crippen molar-refractivity contribution in [3.63, 3.8) is 0 Å². The first-order chi connectivity index (χ1) is 16.9. The molecule has 1 fully saturated rings. The zero-order valence-corrected chi connectivity index (χ0v) is 21.1. The predicted molar refractivity (Wildman–Crippen MR) is 142 cm³/mol. The fourth-order valence-corrected chi connectivity index (χ4v) is 5.21. The monoisotopic (exact) mass is 472 g/mol. The van der Waals surface area contributed by atoms with Gasteiger partial charge < -0.3 is 20.9 Å². The molecular formula is C28H36N6O. The van der Waals surface area contributed by atoms with Crippen LogP contribution in [0, 0.1) is 6.92 Å². The Kier molecular flexibility index (Phi) is 6.60. The highest BCUT2D eigenvalue weighted by Gasteiger charge is 2.25. The lowest BCUT2D eigenvalue weighted by Crippen LogP contribution is -2.43. The quantitative estimate of drug-likeness (QED) is 0.577. The Balaban J connectivity index is 1.43. The van der Waals surface area contributed by atoms with E-state index in [4.69, 9.17) is 10.7 Å². The van der Waals surface area contributed by atoms with Gasteiger partial charge in [0.25, 0.3) is 5.91 Å². The van der Waals surface area contributed by atoms with Crippen LogP contribution in [0.2, 0.25) is 0 Å². The van der Waals surface area contributed by atoms with E-state index in [9.17, 15) is 4.79 Å². The first-order valence-electron chi connectivity index (χ1n) is 12.9. The number of hydrogen-bond donors (Lipinski definition) is 2. The number of carbonyl (C=O) groups is 1. The van der Waals surface area contributed by atoms with E-state index in [-0.39, 0.29) is 11.9 Å². The lowest BCUT2D eigenvalue weighted by molar-refractivity contribution is 0.0714. The van der Waals surface area contributed by atoms with Gasteiger partial charge in [0.15, 0.2) is 0 Å². The zero-order chi connectivity index (χ0) is 24.5. The second-order valence-corrected chi connectivity index (χ2v) is 10.1. The number of nitrogens with zero attached hydrogens (tertiary/aromatic N) is 4. The molecule has 2 aromatic carbocycles. The van der Waals surface area contributed by atoms with Crippen LogP contribution in [0.4, 0.5) is 11.5 Å². The number of nitrogens with two attached hydrogens (primary N) is 1. The standard InChI is InChI=1S/C28H36N6O/c1-4-19(3)32-24-13-18(2)26-25(15-24)27(31-17-30-26)34-10-7-20-5-6-21(14-22(20)16-34)28(35)33-11-8-23(29)9-12-33/h5-6,13-15,17,19,23,32H,4,7-12,16,29H2,1-3H3/t19-/m0/s1. The zero-order valence-electron chi connectivity index (χ0n) is 21.1. The molecule has 184 valence electrons. The smallest absolute Gasteiger partial charge is 0.253 e. The molecule has 2 aliphatic heterocycles. The van der Waals surface area contributed by atoms with Gasteiger partial charge in [-0.1, -0.05) is 13.0 Å². The Morgan fingerprint density at radius 3 is 2.71 bits per heavy atom. The summed E-state index contributed by atoms with van der Waals surface area (Å²) in [7, 11) is 0. The second-order valence-electron chi connectivity index (χ2n) is 10.1. The number of aromatic nitrogens is 2. The Morgan fingerprint density at radius 1 is 1.14 bits per heavy atom. The molecule has 0 aliphatic carbocycles. The van der Waals surface area contributed by atoms with Crippen molar-refractivity contribution in [1.29, 1.82) is 0 Å². The van der Waals surface area contributed by atoms with Crippen molar-refractivity contribution < 1.29 is 4.79 Å². The third-order valence-electron chi connectivity index (χ3n) is 7.53. The van der Waals surface area contributed by atoms with Crippen molar-refractivity contribution in [3.8, 4) is 0 Å². The van der Waals surface area contributed by atoms with E-state index in [1.165, 1.54) is 11.1 Å². The fraction of sp³-hybridized carbons (Fsp3) is 0.464. The lowest BCUT2D eigenvalue weighted by Gasteiger charge is -2.32. The summed E-state index contributed by atoms with van der Waals surface area (Å²) in [5.74, 6) is 1.07. The van der Waals surface area contributed by atoms with Crippen molar-refractivity contribution in [2.75, 3.05) is 29.9 Å². The Labute approximate surface area is 207 Å². The first-order valence-corrected chi connectivity index (χ1v) is 12.9. The second kappa shape index (κ2) is 9.82. The summed E-state index contributed by atoms with van der Waals surface area (Å²) in [6.07, 6.45) is 5.40. The van der Waals surface area contributed by atoms with Crippen LogP contribution in [0.5, 0.6) is 0 Å². The summed E-state index contributed by atoms with van der Waals surface area (Å²) in [6.45, 7) is 9.59. The minimum Gasteiger partial charge on any atom is -0.383 e. The maximum atomic E-state index is 13.2. The van der Waals surface area contributed by atoms with Gasteiger partial charge in [0.05, 0.1) is 5.52 Å². The molecule has 2 aliphatic rings.